The van der Waals surface area contributed by atoms with Gasteiger partial charge in [-0.3, -0.25) is 0 Å². The Hall–Kier alpha value is -2.55. The Kier molecular flexibility index (Phi) is 4.56. The number of hydrogen-bond donors (Lipinski definition) is 1. The van der Waals surface area contributed by atoms with E-state index in [1.54, 1.807) is 6.08 Å². The van der Waals surface area contributed by atoms with Gasteiger partial charge in [0.15, 0.2) is 0 Å². The lowest BCUT2D eigenvalue weighted by Gasteiger charge is -2.07. The maximum atomic E-state index is 10.4. The molecular weight excluding hydrogens is 252 g/mol. The molecule has 0 aliphatic heterocycles. The molecule has 3 nitrogen and oxygen atoms in total. The number of carboxylic acid groups (broad SMARTS) is 1. The molecule has 0 amide bonds. The summed E-state index contributed by atoms with van der Waals surface area (Å²) in [5.74, 6) is -0.191. The number of aryl methyl sites for hydroxylation is 1. The standard InChI is InChI=1S/C17H16O3/c1-13-3-2-4-15(11-13)12-20-16-8-5-14(6-9-16)7-10-17(18)19/h2-11H,12H2,1H3,(H,18,19). The van der Waals surface area contributed by atoms with Crippen LogP contribution in [0.3, 0.4) is 0 Å². The number of benzene rings is 2. The number of hydrogen-bond acceptors (Lipinski definition) is 2. The Bertz CT molecular complexity index is 612. The second-order valence-corrected chi connectivity index (χ2v) is 4.52. The molecule has 20 heavy (non-hydrogen) atoms. The van der Waals surface area contributed by atoms with E-state index in [4.69, 9.17) is 9.84 Å². The lowest BCUT2D eigenvalue weighted by atomic mass is 10.1. The minimum absolute atomic E-state index is 0.520. The van der Waals surface area contributed by atoms with Gasteiger partial charge in [0.25, 0.3) is 0 Å². The normalized spacial score (nSPS) is 10.7. The zero-order chi connectivity index (χ0) is 14.4. The molecule has 2 aromatic rings. The van der Waals surface area contributed by atoms with E-state index in [1.807, 2.05) is 49.4 Å². The maximum Gasteiger partial charge on any atom is 0.328 e. The van der Waals surface area contributed by atoms with Crippen LogP contribution in [0.5, 0.6) is 5.75 Å². The van der Waals surface area contributed by atoms with Crippen LogP contribution in [0, 0.1) is 6.92 Å². The van der Waals surface area contributed by atoms with Gasteiger partial charge in [-0.15, -0.1) is 0 Å². The van der Waals surface area contributed by atoms with Crippen LogP contribution in [0.2, 0.25) is 0 Å². The third-order valence-electron chi connectivity index (χ3n) is 2.79. The highest BCUT2D eigenvalue weighted by molar-refractivity contribution is 5.85. The fourth-order valence-electron chi connectivity index (χ4n) is 1.81. The van der Waals surface area contributed by atoms with E-state index in [9.17, 15) is 4.79 Å². The molecule has 0 heterocycles. The topological polar surface area (TPSA) is 46.5 Å². The molecule has 0 atom stereocenters. The van der Waals surface area contributed by atoms with Crippen molar-refractivity contribution in [1.82, 2.24) is 0 Å². The summed E-state index contributed by atoms with van der Waals surface area (Å²) in [6.07, 6.45) is 2.66. The molecule has 0 saturated carbocycles. The molecule has 0 aliphatic carbocycles. The van der Waals surface area contributed by atoms with Crippen molar-refractivity contribution < 1.29 is 14.6 Å². The summed E-state index contributed by atoms with van der Waals surface area (Å²) in [4.78, 5) is 10.4. The minimum atomic E-state index is -0.954. The molecule has 1 N–H and O–H groups in total. The molecule has 2 aromatic carbocycles. The monoisotopic (exact) mass is 268 g/mol. The van der Waals surface area contributed by atoms with Crippen LogP contribution < -0.4 is 4.74 Å². The molecule has 0 fully saturated rings. The lowest BCUT2D eigenvalue weighted by Crippen LogP contribution is -1.95. The van der Waals surface area contributed by atoms with Gasteiger partial charge in [0, 0.05) is 6.08 Å². The average Bonchev–Trinajstić information content (AvgIpc) is 2.44. The first-order valence-corrected chi connectivity index (χ1v) is 6.33. The summed E-state index contributed by atoms with van der Waals surface area (Å²) < 4.78 is 5.69. The number of carboxylic acids is 1. The van der Waals surface area contributed by atoms with E-state index in [0.717, 1.165) is 23.0 Å². The van der Waals surface area contributed by atoms with Gasteiger partial charge in [0.2, 0.25) is 0 Å². The number of aliphatic carboxylic acids is 1. The second kappa shape index (κ2) is 6.57. The van der Waals surface area contributed by atoms with Gasteiger partial charge in [0.1, 0.15) is 12.4 Å². The van der Waals surface area contributed by atoms with Gasteiger partial charge in [-0.05, 0) is 36.3 Å². The van der Waals surface area contributed by atoms with Crippen molar-refractivity contribution >= 4 is 12.0 Å². The highest BCUT2D eigenvalue weighted by atomic mass is 16.5. The molecule has 0 unspecified atom stereocenters. The summed E-state index contributed by atoms with van der Waals surface area (Å²) in [5, 5.41) is 8.55. The minimum Gasteiger partial charge on any atom is -0.489 e. The van der Waals surface area contributed by atoms with E-state index in [1.165, 1.54) is 5.56 Å². The maximum absolute atomic E-state index is 10.4. The molecule has 0 bridgehead atoms. The number of carbonyl (C=O) groups is 1. The highest BCUT2D eigenvalue weighted by Gasteiger charge is 1.97. The van der Waals surface area contributed by atoms with E-state index in [0.29, 0.717) is 6.61 Å². The SMILES string of the molecule is Cc1cccc(COc2ccc(C=CC(=O)O)cc2)c1. The van der Waals surface area contributed by atoms with Crippen LogP contribution in [0.1, 0.15) is 16.7 Å². The van der Waals surface area contributed by atoms with Gasteiger partial charge in [-0.1, -0.05) is 42.0 Å². The predicted molar refractivity (Wildman–Crippen MR) is 78.6 cm³/mol. The smallest absolute Gasteiger partial charge is 0.328 e. The van der Waals surface area contributed by atoms with Crippen molar-refractivity contribution in [1.29, 1.82) is 0 Å². The molecular formula is C17H16O3. The van der Waals surface area contributed by atoms with Crippen molar-refractivity contribution in [2.24, 2.45) is 0 Å². The van der Waals surface area contributed by atoms with Crippen LogP contribution in [0.15, 0.2) is 54.6 Å². The number of ether oxygens (including phenoxy) is 1. The Morgan fingerprint density at radius 2 is 1.95 bits per heavy atom. The summed E-state index contributed by atoms with van der Waals surface area (Å²) in [6.45, 7) is 2.57. The van der Waals surface area contributed by atoms with Crippen molar-refractivity contribution in [2.75, 3.05) is 0 Å². The Morgan fingerprint density at radius 3 is 2.60 bits per heavy atom. The van der Waals surface area contributed by atoms with Crippen LogP contribution in [-0.4, -0.2) is 11.1 Å². The van der Waals surface area contributed by atoms with Crippen LogP contribution in [0.25, 0.3) is 6.08 Å². The van der Waals surface area contributed by atoms with Crippen LogP contribution in [-0.2, 0) is 11.4 Å². The van der Waals surface area contributed by atoms with Crippen molar-refractivity contribution in [3.63, 3.8) is 0 Å². The molecule has 2 rings (SSSR count). The van der Waals surface area contributed by atoms with E-state index in [2.05, 4.69) is 6.07 Å². The molecule has 0 spiro atoms. The highest BCUT2D eigenvalue weighted by Crippen LogP contribution is 2.15. The molecule has 102 valence electrons. The Balaban J connectivity index is 1.95. The summed E-state index contributed by atoms with van der Waals surface area (Å²) in [7, 11) is 0. The van der Waals surface area contributed by atoms with E-state index in [-0.39, 0.29) is 0 Å². The molecule has 0 radical (unpaired) electrons. The van der Waals surface area contributed by atoms with Crippen molar-refractivity contribution in [2.45, 2.75) is 13.5 Å². The van der Waals surface area contributed by atoms with Crippen molar-refractivity contribution in [3.05, 3.63) is 71.3 Å². The van der Waals surface area contributed by atoms with Crippen molar-refractivity contribution in [3.8, 4) is 5.75 Å². The largest absolute Gasteiger partial charge is 0.489 e. The third kappa shape index (κ3) is 4.28. The van der Waals surface area contributed by atoms with Crippen LogP contribution in [0.4, 0.5) is 0 Å². The molecule has 0 saturated heterocycles. The van der Waals surface area contributed by atoms with Crippen LogP contribution >= 0.6 is 0 Å². The molecule has 0 aromatic heterocycles. The fraction of sp³-hybridized carbons (Fsp3) is 0.118. The third-order valence-corrected chi connectivity index (χ3v) is 2.79. The predicted octanol–water partition coefficient (Wildman–Crippen LogP) is 3.67. The number of rotatable bonds is 5. The second-order valence-electron chi connectivity index (χ2n) is 4.52. The van der Waals surface area contributed by atoms with Gasteiger partial charge in [-0.25, -0.2) is 4.79 Å². The Labute approximate surface area is 118 Å². The van der Waals surface area contributed by atoms with Gasteiger partial charge in [-0.2, -0.15) is 0 Å². The first-order chi connectivity index (χ1) is 9.63. The lowest BCUT2D eigenvalue weighted by molar-refractivity contribution is -0.131. The zero-order valence-corrected chi connectivity index (χ0v) is 11.2. The fourth-order valence-corrected chi connectivity index (χ4v) is 1.81. The molecule has 3 heteroatoms. The first-order valence-electron chi connectivity index (χ1n) is 6.33. The van der Waals surface area contributed by atoms with Gasteiger partial charge < -0.3 is 9.84 Å². The quantitative estimate of drug-likeness (QED) is 0.841. The summed E-state index contributed by atoms with van der Waals surface area (Å²) in [5.41, 5.74) is 3.16. The molecule has 0 aliphatic rings. The van der Waals surface area contributed by atoms with Gasteiger partial charge >= 0.3 is 5.97 Å². The van der Waals surface area contributed by atoms with E-state index >= 15 is 0 Å². The van der Waals surface area contributed by atoms with E-state index < -0.39 is 5.97 Å². The first kappa shape index (κ1) is 13.9. The summed E-state index contributed by atoms with van der Waals surface area (Å²) >= 11 is 0. The Morgan fingerprint density at radius 1 is 1.20 bits per heavy atom. The average molecular weight is 268 g/mol. The van der Waals surface area contributed by atoms with Gasteiger partial charge in [0.05, 0.1) is 0 Å². The summed E-state index contributed by atoms with van der Waals surface area (Å²) in [6, 6.07) is 15.5. The zero-order valence-electron chi connectivity index (χ0n) is 11.2.